The van der Waals surface area contributed by atoms with Crippen molar-refractivity contribution in [2.75, 3.05) is 18.4 Å². The van der Waals surface area contributed by atoms with Gasteiger partial charge >= 0.3 is 0 Å². The number of nitrogens with one attached hydrogen (secondary N) is 2. The average molecular weight is 310 g/mol. The van der Waals surface area contributed by atoms with Gasteiger partial charge in [-0.1, -0.05) is 0 Å². The summed E-state index contributed by atoms with van der Waals surface area (Å²) in [6, 6.07) is 5.24. The molecule has 2 N–H and O–H groups in total. The van der Waals surface area contributed by atoms with Gasteiger partial charge in [-0.3, -0.25) is 0 Å². The summed E-state index contributed by atoms with van der Waals surface area (Å²) in [6.45, 7) is 2.05. The maximum atomic E-state index is 13.0. The Morgan fingerprint density at radius 1 is 1.19 bits per heavy atom. The van der Waals surface area contributed by atoms with Gasteiger partial charge in [0.1, 0.15) is 5.82 Å². The van der Waals surface area contributed by atoms with Gasteiger partial charge in [0.05, 0.1) is 4.90 Å². The van der Waals surface area contributed by atoms with Crippen LogP contribution in [0.25, 0.3) is 0 Å². The van der Waals surface area contributed by atoms with Crippen molar-refractivity contribution in [3.05, 3.63) is 48.0 Å². The van der Waals surface area contributed by atoms with Crippen molar-refractivity contribution < 1.29 is 12.8 Å². The smallest absolute Gasteiger partial charge is 0.240 e. The number of aromatic nitrogens is 2. The van der Waals surface area contributed by atoms with Crippen LogP contribution in [0.5, 0.6) is 0 Å². The average Bonchev–Trinajstić information content (AvgIpc) is 2.44. The Bertz CT molecular complexity index is 707. The highest BCUT2D eigenvalue weighted by atomic mass is 32.2. The van der Waals surface area contributed by atoms with Crippen LogP contribution in [0.3, 0.4) is 0 Å². The van der Waals surface area contributed by atoms with Crippen LogP contribution in [0.2, 0.25) is 0 Å². The highest BCUT2D eigenvalue weighted by Crippen LogP contribution is 2.15. The predicted molar refractivity (Wildman–Crippen MR) is 76.8 cm³/mol. The van der Waals surface area contributed by atoms with Crippen LogP contribution in [0.1, 0.15) is 5.56 Å². The Balaban J connectivity index is 1.92. The summed E-state index contributed by atoms with van der Waals surface area (Å²) in [4.78, 5) is 7.98. The van der Waals surface area contributed by atoms with Crippen molar-refractivity contribution in [3.8, 4) is 0 Å². The fourth-order valence-electron chi connectivity index (χ4n) is 1.74. The molecule has 6 nitrogen and oxygen atoms in total. The largest absolute Gasteiger partial charge is 0.353 e. The third kappa shape index (κ3) is 4.20. The third-order valence-electron chi connectivity index (χ3n) is 2.69. The van der Waals surface area contributed by atoms with Crippen LogP contribution in [-0.4, -0.2) is 31.5 Å². The molecule has 2 rings (SSSR count). The monoisotopic (exact) mass is 310 g/mol. The van der Waals surface area contributed by atoms with E-state index in [4.69, 9.17) is 0 Å². The van der Waals surface area contributed by atoms with Crippen molar-refractivity contribution >= 4 is 16.0 Å². The van der Waals surface area contributed by atoms with Gasteiger partial charge in [0, 0.05) is 25.5 Å². The van der Waals surface area contributed by atoms with Crippen molar-refractivity contribution in [1.82, 2.24) is 14.7 Å². The lowest BCUT2D eigenvalue weighted by Crippen LogP contribution is -2.29. The fraction of sp³-hybridized carbons (Fsp3) is 0.231. The molecule has 0 saturated heterocycles. The van der Waals surface area contributed by atoms with Crippen LogP contribution >= 0.6 is 0 Å². The maximum Gasteiger partial charge on any atom is 0.240 e. The molecule has 0 saturated carbocycles. The zero-order chi connectivity index (χ0) is 15.3. The molecule has 21 heavy (non-hydrogen) atoms. The first-order chi connectivity index (χ1) is 9.99. The van der Waals surface area contributed by atoms with Gasteiger partial charge in [-0.15, -0.1) is 0 Å². The molecule has 0 fully saturated rings. The third-order valence-corrected chi connectivity index (χ3v) is 4.31. The van der Waals surface area contributed by atoms with Crippen molar-refractivity contribution in [3.63, 3.8) is 0 Å². The zero-order valence-electron chi connectivity index (χ0n) is 11.4. The molecule has 1 aromatic carbocycles. The Labute approximate surface area is 122 Å². The molecule has 2 aromatic rings. The summed E-state index contributed by atoms with van der Waals surface area (Å²) in [5, 5.41) is 2.88. The second-order valence-electron chi connectivity index (χ2n) is 4.31. The van der Waals surface area contributed by atoms with Gasteiger partial charge < -0.3 is 5.32 Å². The standard InChI is InChI=1S/C13H15FN4O2S/c1-10-9-11(14)3-4-12(10)21(19,20)18-8-7-17-13-15-5-2-6-16-13/h2-6,9,18H,7-8H2,1H3,(H,15,16,17). The molecule has 0 aliphatic carbocycles. The summed E-state index contributed by atoms with van der Waals surface area (Å²) in [6.07, 6.45) is 3.17. The Kier molecular flexibility index (Phi) is 4.81. The molecule has 112 valence electrons. The van der Waals surface area contributed by atoms with Gasteiger partial charge in [0.25, 0.3) is 0 Å². The lowest BCUT2D eigenvalue weighted by molar-refractivity contribution is 0.581. The highest BCUT2D eigenvalue weighted by Gasteiger charge is 2.16. The van der Waals surface area contributed by atoms with E-state index in [0.717, 1.165) is 6.07 Å². The maximum absolute atomic E-state index is 13.0. The number of rotatable bonds is 6. The Hall–Kier alpha value is -2.06. The molecule has 0 spiro atoms. The van der Waals surface area contributed by atoms with Gasteiger partial charge in [-0.2, -0.15) is 0 Å². The molecular formula is C13H15FN4O2S. The fourth-order valence-corrected chi connectivity index (χ4v) is 3.00. The summed E-state index contributed by atoms with van der Waals surface area (Å²) in [7, 11) is -3.66. The minimum Gasteiger partial charge on any atom is -0.353 e. The van der Waals surface area contributed by atoms with E-state index in [1.54, 1.807) is 25.4 Å². The number of anilines is 1. The van der Waals surface area contributed by atoms with Gasteiger partial charge in [-0.05, 0) is 36.8 Å². The quantitative estimate of drug-likeness (QED) is 0.786. The first-order valence-corrected chi connectivity index (χ1v) is 7.74. The molecule has 0 unspecified atom stereocenters. The SMILES string of the molecule is Cc1cc(F)ccc1S(=O)(=O)NCCNc1ncccn1. The summed E-state index contributed by atoms with van der Waals surface area (Å²) < 4.78 is 39.6. The number of sulfonamides is 1. The van der Waals surface area contributed by atoms with Crippen LogP contribution in [0.15, 0.2) is 41.6 Å². The van der Waals surface area contributed by atoms with E-state index in [0.29, 0.717) is 18.1 Å². The van der Waals surface area contributed by atoms with E-state index >= 15 is 0 Å². The minimum atomic E-state index is -3.66. The molecule has 1 aromatic heterocycles. The van der Waals surface area contributed by atoms with Crippen LogP contribution in [0, 0.1) is 12.7 Å². The molecule has 0 aliphatic rings. The summed E-state index contributed by atoms with van der Waals surface area (Å²) >= 11 is 0. The summed E-state index contributed by atoms with van der Waals surface area (Å²) in [5.74, 6) is -0.0380. The van der Waals surface area contributed by atoms with E-state index in [9.17, 15) is 12.8 Å². The Morgan fingerprint density at radius 2 is 1.90 bits per heavy atom. The van der Waals surface area contributed by atoms with Crippen molar-refractivity contribution in [2.45, 2.75) is 11.8 Å². The second-order valence-corrected chi connectivity index (χ2v) is 6.04. The van der Waals surface area contributed by atoms with Gasteiger partial charge in [0.15, 0.2) is 0 Å². The van der Waals surface area contributed by atoms with Gasteiger partial charge in [0.2, 0.25) is 16.0 Å². The van der Waals surface area contributed by atoms with E-state index in [-0.39, 0.29) is 11.4 Å². The van der Waals surface area contributed by atoms with E-state index in [2.05, 4.69) is 20.0 Å². The number of hydrogen-bond acceptors (Lipinski definition) is 5. The molecule has 8 heteroatoms. The van der Waals surface area contributed by atoms with E-state index < -0.39 is 15.8 Å². The summed E-state index contributed by atoms with van der Waals surface area (Å²) in [5.41, 5.74) is 0.363. The Morgan fingerprint density at radius 3 is 2.57 bits per heavy atom. The normalized spacial score (nSPS) is 11.3. The molecular weight excluding hydrogens is 295 g/mol. The molecule has 0 bridgehead atoms. The zero-order valence-corrected chi connectivity index (χ0v) is 12.2. The number of hydrogen-bond donors (Lipinski definition) is 2. The molecule has 0 amide bonds. The lowest BCUT2D eigenvalue weighted by Gasteiger charge is -2.09. The lowest BCUT2D eigenvalue weighted by atomic mass is 10.2. The minimum absolute atomic E-state index is 0.0693. The first kappa shape index (κ1) is 15.3. The van der Waals surface area contributed by atoms with Crippen LogP contribution < -0.4 is 10.0 Å². The van der Waals surface area contributed by atoms with Crippen LogP contribution in [-0.2, 0) is 10.0 Å². The van der Waals surface area contributed by atoms with E-state index in [1.807, 2.05) is 0 Å². The number of benzene rings is 1. The topological polar surface area (TPSA) is 84.0 Å². The number of aryl methyl sites for hydroxylation is 1. The van der Waals surface area contributed by atoms with Crippen LogP contribution in [0.4, 0.5) is 10.3 Å². The second kappa shape index (κ2) is 6.59. The van der Waals surface area contributed by atoms with Gasteiger partial charge in [-0.25, -0.2) is 27.5 Å². The highest BCUT2D eigenvalue weighted by molar-refractivity contribution is 7.89. The van der Waals surface area contributed by atoms with E-state index in [1.165, 1.54) is 12.1 Å². The molecule has 0 radical (unpaired) electrons. The molecule has 1 heterocycles. The van der Waals surface area contributed by atoms with Crippen molar-refractivity contribution in [1.29, 1.82) is 0 Å². The predicted octanol–water partition coefficient (Wildman–Crippen LogP) is 1.31. The number of nitrogens with zero attached hydrogens (tertiary/aromatic N) is 2. The molecule has 0 aliphatic heterocycles. The van der Waals surface area contributed by atoms with Crippen molar-refractivity contribution in [2.24, 2.45) is 0 Å². The first-order valence-electron chi connectivity index (χ1n) is 6.26. The number of halogens is 1. The molecule has 0 atom stereocenters.